The van der Waals surface area contributed by atoms with E-state index >= 15 is 0 Å². The number of rotatable bonds is 9. The molecule has 0 unspecified atom stereocenters. The van der Waals surface area contributed by atoms with Gasteiger partial charge in [-0.15, -0.1) is 0 Å². The molecule has 0 bridgehead atoms. The molecule has 1 aromatic carbocycles. The van der Waals surface area contributed by atoms with Gasteiger partial charge >= 0.3 is 0 Å². The predicted octanol–water partition coefficient (Wildman–Crippen LogP) is 3.58. The van der Waals surface area contributed by atoms with Crippen molar-refractivity contribution >= 4 is 11.5 Å². The van der Waals surface area contributed by atoms with Crippen molar-refractivity contribution in [1.29, 1.82) is 0 Å². The lowest BCUT2D eigenvalue weighted by Crippen LogP contribution is -2.34. The SMILES string of the molecule is CNC[C@H](O)COc1cccc(-c2nc(-c3cnc4cnccn34)cc(N(C)C3CCCCC3)n2)c1. The van der Waals surface area contributed by atoms with E-state index in [-0.39, 0.29) is 6.61 Å². The Morgan fingerprint density at radius 2 is 2.03 bits per heavy atom. The minimum absolute atomic E-state index is 0.205. The number of nitrogens with one attached hydrogen (secondary N) is 1. The monoisotopic (exact) mass is 487 g/mol. The molecule has 188 valence electrons. The summed E-state index contributed by atoms with van der Waals surface area (Å²) in [6.07, 6.45) is 12.8. The number of fused-ring (bicyclic) bond motifs is 1. The number of aliphatic hydroxyl groups is 1. The molecule has 1 aliphatic carbocycles. The number of aliphatic hydroxyl groups excluding tert-OH is 1. The molecule has 2 N–H and O–H groups in total. The molecule has 4 aromatic rings. The third kappa shape index (κ3) is 5.32. The fraction of sp³-hybridized carbons (Fsp3) is 0.407. The molecule has 9 nitrogen and oxygen atoms in total. The molecule has 36 heavy (non-hydrogen) atoms. The van der Waals surface area contributed by atoms with Gasteiger partial charge in [0.25, 0.3) is 0 Å². The molecule has 1 aliphatic rings. The molecule has 9 heteroatoms. The van der Waals surface area contributed by atoms with Gasteiger partial charge in [0, 0.05) is 43.7 Å². The van der Waals surface area contributed by atoms with Crippen molar-refractivity contribution in [3.63, 3.8) is 0 Å². The molecule has 0 amide bonds. The van der Waals surface area contributed by atoms with Crippen molar-refractivity contribution in [2.75, 3.05) is 32.1 Å². The first-order chi connectivity index (χ1) is 17.6. The molecule has 5 rings (SSSR count). The Morgan fingerprint density at radius 3 is 2.86 bits per heavy atom. The summed E-state index contributed by atoms with van der Waals surface area (Å²) in [5.41, 5.74) is 3.31. The average molecular weight is 488 g/mol. The summed E-state index contributed by atoms with van der Waals surface area (Å²) in [5.74, 6) is 2.18. The van der Waals surface area contributed by atoms with Crippen LogP contribution in [0.5, 0.6) is 5.75 Å². The largest absolute Gasteiger partial charge is 0.491 e. The van der Waals surface area contributed by atoms with Crippen LogP contribution < -0.4 is 15.0 Å². The first-order valence-corrected chi connectivity index (χ1v) is 12.6. The lowest BCUT2D eigenvalue weighted by Gasteiger charge is -2.32. The highest BCUT2D eigenvalue weighted by Gasteiger charge is 2.22. The third-order valence-corrected chi connectivity index (χ3v) is 6.75. The van der Waals surface area contributed by atoms with Crippen LogP contribution in [0.1, 0.15) is 32.1 Å². The molecule has 3 heterocycles. The number of hydrogen-bond acceptors (Lipinski definition) is 8. The molecule has 0 saturated heterocycles. The lowest BCUT2D eigenvalue weighted by molar-refractivity contribution is 0.108. The highest BCUT2D eigenvalue weighted by atomic mass is 16.5. The smallest absolute Gasteiger partial charge is 0.162 e. The van der Waals surface area contributed by atoms with Crippen molar-refractivity contribution in [2.24, 2.45) is 0 Å². The maximum atomic E-state index is 10.0. The molecule has 0 aliphatic heterocycles. The lowest BCUT2D eigenvalue weighted by atomic mass is 9.94. The van der Waals surface area contributed by atoms with Gasteiger partial charge in [-0.1, -0.05) is 31.4 Å². The van der Waals surface area contributed by atoms with Gasteiger partial charge in [-0.2, -0.15) is 0 Å². The van der Waals surface area contributed by atoms with Crippen LogP contribution in [0.4, 0.5) is 5.82 Å². The van der Waals surface area contributed by atoms with Crippen LogP contribution >= 0.6 is 0 Å². The van der Waals surface area contributed by atoms with Crippen LogP contribution in [-0.4, -0.2) is 68.8 Å². The van der Waals surface area contributed by atoms with E-state index in [0.717, 1.165) is 28.4 Å². The highest BCUT2D eigenvalue weighted by molar-refractivity contribution is 5.68. The summed E-state index contributed by atoms with van der Waals surface area (Å²) in [4.78, 5) is 20.9. The number of ether oxygens (including phenoxy) is 1. The minimum atomic E-state index is -0.585. The van der Waals surface area contributed by atoms with Crippen molar-refractivity contribution in [3.8, 4) is 28.5 Å². The van der Waals surface area contributed by atoms with Crippen molar-refractivity contribution in [3.05, 3.63) is 55.1 Å². The first kappa shape index (κ1) is 24.1. The normalized spacial score (nSPS) is 15.2. The number of benzene rings is 1. The van der Waals surface area contributed by atoms with E-state index in [2.05, 4.69) is 33.3 Å². The number of hydrogen-bond donors (Lipinski definition) is 2. The van der Waals surface area contributed by atoms with Gasteiger partial charge in [0.1, 0.15) is 24.3 Å². The summed E-state index contributed by atoms with van der Waals surface area (Å²) in [6, 6.07) is 10.2. The van der Waals surface area contributed by atoms with E-state index in [0.29, 0.717) is 24.2 Å². The molecule has 1 atom stereocenters. The van der Waals surface area contributed by atoms with E-state index < -0.39 is 6.10 Å². The molecule has 1 saturated carbocycles. The van der Waals surface area contributed by atoms with Crippen LogP contribution in [0.15, 0.2) is 55.1 Å². The highest BCUT2D eigenvalue weighted by Crippen LogP contribution is 2.31. The first-order valence-electron chi connectivity index (χ1n) is 12.6. The van der Waals surface area contributed by atoms with Crippen LogP contribution in [-0.2, 0) is 0 Å². The predicted molar refractivity (Wildman–Crippen MR) is 140 cm³/mol. The standard InChI is InChI=1S/C27H33N7O2/c1-28-15-21(35)18-36-22-10-6-7-19(13-22)27-31-23(24-16-30-26-17-29-11-12-34(24)26)14-25(32-27)33(2)20-8-4-3-5-9-20/h6-7,10-14,16-17,20-21,28,35H,3-5,8-9,15,18H2,1-2H3/t21-/m0/s1. The Balaban J connectivity index is 1.53. The fourth-order valence-electron chi connectivity index (χ4n) is 4.77. The second-order valence-corrected chi connectivity index (χ2v) is 9.34. The Hall–Kier alpha value is -3.56. The van der Waals surface area contributed by atoms with Crippen molar-refractivity contribution in [1.82, 2.24) is 29.7 Å². The molecule has 0 radical (unpaired) electrons. The molecular formula is C27H33N7O2. The van der Waals surface area contributed by atoms with Gasteiger partial charge < -0.3 is 20.1 Å². The van der Waals surface area contributed by atoms with E-state index in [1.807, 2.05) is 41.1 Å². The van der Waals surface area contributed by atoms with Crippen molar-refractivity contribution in [2.45, 2.75) is 44.2 Å². The van der Waals surface area contributed by atoms with Crippen LogP contribution in [0.2, 0.25) is 0 Å². The Kier molecular flexibility index (Phi) is 7.39. The van der Waals surface area contributed by atoms with Gasteiger partial charge in [-0.25, -0.2) is 15.0 Å². The number of nitrogens with zero attached hydrogens (tertiary/aromatic N) is 6. The van der Waals surface area contributed by atoms with Gasteiger partial charge in [-0.05, 0) is 32.0 Å². The zero-order valence-electron chi connectivity index (χ0n) is 20.8. The number of imidazole rings is 1. The number of aromatic nitrogens is 5. The van der Waals surface area contributed by atoms with Crippen molar-refractivity contribution < 1.29 is 9.84 Å². The van der Waals surface area contributed by atoms with E-state index in [4.69, 9.17) is 14.7 Å². The summed E-state index contributed by atoms with van der Waals surface area (Å²) in [7, 11) is 3.93. The molecule has 3 aromatic heterocycles. The van der Waals surface area contributed by atoms with Crippen LogP contribution in [0, 0.1) is 0 Å². The summed E-state index contributed by atoms with van der Waals surface area (Å²) < 4.78 is 7.83. The van der Waals surface area contributed by atoms with E-state index in [1.54, 1.807) is 19.4 Å². The summed E-state index contributed by atoms with van der Waals surface area (Å²) in [5, 5.41) is 13.0. The molecule has 0 spiro atoms. The quantitative estimate of drug-likeness (QED) is 0.370. The zero-order chi connectivity index (χ0) is 24.9. The van der Waals surface area contributed by atoms with Gasteiger partial charge in [0.05, 0.1) is 23.8 Å². The Morgan fingerprint density at radius 1 is 1.17 bits per heavy atom. The Labute approximate surface area is 211 Å². The van der Waals surface area contributed by atoms with Gasteiger partial charge in [0.2, 0.25) is 0 Å². The second-order valence-electron chi connectivity index (χ2n) is 9.34. The average Bonchev–Trinajstić information content (AvgIpc) is 3.36. The number of anilines is 1. The molecule has 1 fully saturated rings. The van der Waals surface area contributed by atoms with Gasteiger partial charge in [-0.3, -0.25) is 9.38 Å². The van der Waals surface area contributed by atoms with Crippen LogP contribution in [0.25, 0.3) is 28.4 Å². The molecular weight excluding hydrogens is 454 g/mol. The Bertz CT molecular complexity index is 1300. The zero-order valence-corrected chi connectivity index (χ0v) is 20.8. The number of likely N-dealkylation sites (N-methyl/N-ethyl adjacent to an activating group) is 1. The fourth-order valence-corrected chi connectivity index (χ4v) is 4.77. The van der Waals surface area contributed by atoms with E-state index in [9.17, 15) is 5.11 Å². The maximum absolute atomic E-state index is 10.0. The summed E-state index contributed by atoms with van der Waals surface area (Å²) >= 11 is 0. The van der Waals surface area contributed by atoms with Gasteiger partial charge in [0.15, 0.2) is 11.5 Å². The topological polar surface area (TPSA) is 101 Å². The van der Waals surface area contributed by atoms with E-state index in [1.165, 1.54) is 32.1 Å². The maximum Gasteiger partial charge on any atom is 0.162 e. The minimum Gasteiger partial charge on any atom is -0.491 e. The third-order valence-electron chi connectivity index (χ3n) is 6.75. The second kappa shape index (κ2) is 11.0. The van der Waals surface area contributed by atoms with Crippen LogP contribution in [0.3, 0.4) is 0 Å². The summed E-state index contributed by atoms with van der Waals surface area (Å²) in [6.45, 7) is 0.674.